The van der Waals surface area contributed by atoms with E-state index in [-0.39, 0.29) is 16.3 Å². The van der Waals surface area contributed by atoms with Gasteiger partial charge in [0.15, 0.2) is 0 Å². The molecule has 1 heterocycles. The maximum atomic E-state index is 13.3. The molecule has 0 radical (unpaired) electrons. The second-order valence-corrected chi connectivity index (χ2v) is 7.81. The number of carbonyl (C=O) groups is 3. The van der Waals surface area contributed by atoms with Crippen LogP contribution in [0.15, 0.2) is 66.7 Å². The molecule has 0 saturated heterocycles. The molecule has 5 nitrogen and oxygen atoms in total. The standard InChI is InChI=1S/C22H13Cl3N2O3/c23-13-6-8-16(17(25)10-13)22(30)27-18-9-7-14(24)11-19(18)26(20(28)12-21(27)29)15-4-2-1-3-5-15/h1-11H,12H2. The quantitative estimate of drug-likeness (QED) is 0.355. The number of hydrogen-bond acceptors (Lipinski definition) is 3. The fraction of sp³-hybridized carbons (Fsp3) is 0.0455. The SMILES string of the molecule is O=C1CC(=O)N(c2ccccc2)c2cc(Cl)ccc2N1C(=O)c1ccc(Cl)cc1Cl. The molecule has 3 amide bonds. The number of amides is 3. The number of anilines is 3. The minimum atomic E-state index is -0.668. The van der Waals surface area contributed by atoms with Crippen LogP contribution in [0.3, 0.4) is 0 Å². The third-order valence-electron chi connectivity index (χ3n) is 4.60. The number of carbonyl (C=O) groups excluding carboxylic acids is 3. The van der Waals surface area contributed by atoms with Gasteiger partial charge in [0, 0.05) is 15.7 Å². The van der Waals surface area contributed by atoms with Crippen LogP contribution < -0.4 is 9.80 Å². The summed E-state index contributed by atoms with van der Waals surface area (Å²) >= 11 is 18.3. The maximum Gasteiger partial charge on any atom is 0.266 e. The molecule has 1 aliphatic rings. The summed E-state index contributed by atoms with van der Waals surface area (Å²) in [6, 6.07) is 17.8. The number of halogens is 3. The Balaban J connectivity index is 1.91. The number of fused-ring (bicyclic) bond motifs is 1. The topological polar surface area (TPSA) is 57.7 Å². The fourth-order valence-electron chi connectivity index (χ4n) is 3.29. The van der Waals surface area contributed by atoms with Gasteiger partial charge < -0.3 is 0 Å². The molecule has 0 aliphatic carbocycles. The number of hydrogen-bond donors (Lipinski definition) is 0. The fourth-order valence-corrected chi connectivity index (χ4v) is 3.94. The number of rotatable bonds is 2. The molecule has 4 rings (SSSR count). The molecule has 1 aliphatic heterocycles. The van der Waals surface area contributed by atoms with Crippen molar-refractivity contribution in [3.8, 4) is 0 Å². The Labute approximate surface area is 187 Å². The van der Waals surface area contributed by atoms with Gasteiger partial charge in [0.2, 0.25) is 11.8 Å². The Morgan fingerprint density at radius 1 is 0.767 bits per heavy atom. The van der Waals surface area contributed by atoms with Crippen molar-refractivity contribution >= 4 is 69.6 Å². The van der Waals surface area contributed by atoms with Gasteiger partial charge in [0.05, 0.1) is 22.0 Å². The van der Waals surface area contributed by atoms with Gasteiger partial charge in [-0.2, -0.15) is 0 Å². The summed E-state index contributed by atoms with van der Waals surface area (Å²) in [5.41, 5.74) is 1.20. The zero-order valence-corrected chi connectivity index (χ0v) is 17.6. The highest BCUT2D eigenvalue weighted by Gasteiger charge is 2.36. The summed E-state index contributed by atoms with van der Waals surface area (Å²) in [5, 5.41) is 0.816. The highest BCUT2D eigenvalue weighted by Crippen LogP contribution is 2.40. The number of para-hydroxylation sites is 1. The van der Waals surface area contributed by atoms with E-state index in [1.165, 1.54) is 29.2 Å². The van der Waals surface area contributed by atoms with E-state index < -0.39 is 24.1 Å². The Hall–Kier alpha value is -2.86. The second kappa shape index (κ2) is 8.11. The molecule has 0 fully saturated rings. The van der Waals surface area contributed by atoms with Crippen LogP contribution in [0.25, 0.3) is 0 Å². The van der Waals surface area contributed by atoms with E-state index in [4.69, 9.17) is 34.8 Å². The Morgan fingerprint density at radius 2 is 1.43 bits per heavy atom. The Morgan fingerprint density at radius 3 is 2.13 bits per heavy atom. The summed E-state index contributed by atoms with van der Waals surface area (Å²) in [6.07, 6.45) is -0.502. The summed E-state index contributed by atoms with van der Waals surface area (Å²) in [6.45, 7) is 0. The molecule has 0 N–H and O–H groups in total. The lowest BCUT2D eigenvalue weighted by Crippen LogP contribution is -2.37. The first-order valence-electron chi connectivity index (χ1n) is 8.86. The van der Waals surface area contributed by atoms with Gasteiger partial charge in [-0.25, -0.2) is 4.90 Å². The van der Waals surface area contributed by atoms with E-state index in [0.29, 0.717) is 21.4 Å². The van der Waals surface area contributed by atoms with Crippen molar-refractivity contribution in [3.05, 3.63) is 87.4 Å². The number of benzene rings is 3. The van der Waals surface area contributed by atoms with Gasteiger partial charge in [-0.05, 0) is 48.5 Å². The number of nitrogens with zero attached hydrogens (tertiary/aromatic N) is 2. The monoisotopic (exact) mass is 458 g/mol. The molecular formula is C22H13Cl3N2O3. The van der Waals surface area contributed by atoms with E-state index in [1.807, 2.05) is 6.07 Å². The second-order valence-electron chi connectivity index (χ2n) is 6.53. The van der Waals surface area contributed by atoms with E-state index >= 15 is 0 Å². The average molecular weight is 460 g/mol. The summed E-state index contributed by atoms with van der Waals surface area (Å²) in [5.74, 6) is -1.81. The van der Waals surface area contributed by atoms with E-state index in [9.17, 15) is 14.4 Å². The van der Waals surface area contributed by atoms with Crippen molar-refractivity contribution in [1.82, 2.24) is 0 Å². The molecule has 3 aromatic carbocycles. The van der Waals surface area contributed by atoms with Gasteiger partial charge in [-0.3, -0.25) is 19.3 Å². The minimum Gasteiger partial charge on any atom is -0.278 e. The van der Waals surface area contributed by atoms with Crippen molar-refractivity contribution in [2.24, 2.45) is 0 Å². The molecule has 0 atom stereocenters. The highest BCUT2D eigenvalue weighted by molar-refractivity contribution is 6.39. The zero-order chi connectivity index (χ0) is 21.4. The zero-order valence-electron chi connectivity index (χ0n) is 15.3. The predicted octanol–water partition coefficient (Wildman–Crippen LogP) is 5.89. The molecule has 0 unspecified atom stereocenters. The molecule has 3 aromatic rings. The van der Waals surface area contributed by atoms with Crippen molar-refractivity contribution in [1.29, 1.82) is 0 Å². The number of imide groups is 1. The van der Waals surface area contributed by atoms with Crippen LogP contribution in [-0.2, 0) is 9.59 Å². The van der Waals surface area contributed by atoms with Crippen LogP contribution in [0.4, 0.5) is 17.1 Å². The highest BCUT2D eigenvalue weighted by atomic mass is 35.5. The first-order chi connectivity index (χ1) is 14.4. The largest absolute Gasteiger partial charge is 0.278 e. The summed E-state index contributed by atoms with van der Waals surface area (Å²) in [4.78, 5) is 41.6. The molecule has 0 saturated carbocycles. The maximum absolute atomic E-state index is 13.3. The lowest BCUT2D eigenvalue weighted by molar-refractivity contribution is -0.125. The third kappa shape index (κ3) is 3.67. The van der Waals surface area contributed by atoms with Crippen LogP contribution in [0.2, 0.25) is 15.1 Å². The molecule has 150 valence electrons. The van der Waals surface area contributed by atoms with Crippen molar-refractivity contribution in [3.63, 3.8) is 0 Å². The average Bonchev–Trinajstić information content (AvgIpc) is 2.80. The first-order valence-corrected chi connectivity index (χ1v) is 10.00. The summed E-state index contributed by atoms with van der Waals surface area (Å²) < 4.78 is 0. The van der Waals surface area contributed by atoms with Crippen molar-refractivity contribution in [2.75, 3.05) is 9.80 Å². The molecule has 8 heteroatoms. The van der Waals surface area contributed by atoms with Gasteiger partial charge in [-0.1, -0.05) is 53.0 Å². The first kappa shape index (κ1) is 20.4. The van der Waals surface area contributed by atoms with Crippen LogP contribution in [0, 0.1) is 0 Å². The summed E-state index contributed by atoms with van der Waals surface area (Å²) in [7, 11) is 0. The van der Waals surface area contributed by atoms with Crippen LogP contribution in [0.1, 0.15) is 16.8 Å². The Kier molecular flexibility index (Phi) is 5.52. The van der Waals surface area contributed by atoms with Crippen LogP contribution in [0.5, 0.6) is 0 Å². The predicted molar refractivity (Wildman–Crippen MR) is 118 cm³/mol. The lowest BCUT2D eigenvalue weighted by atomic mass is 10.1. The third-order valence-corrected chi connectivity index (χ3v) is 5.38. The minimum absolute atomic E-state index is 0.0935. The lowest BCUT2D eigenvalue weighted by Gasteiger charge is -2.25. The van der Waals surface area contributed by atoms with E-state index in [1.54, 1.807) is 36.4 Å². The van der Waals surface area contributed by atoms with Crippen molar-refractivity contribution < 1.29 is 14.4 Å². The van der Waals surface area contributed by atoms with Crippen LogP contribution in [-0.4, -0.2) is 17.7 Å². The van der Waals surface area contributed by atoms with E-state index in [2.05, 4.69) is 0 Å². The normalized spacial score (nSPS) is 13.8. The van der Waals surface area contributed by atoms with E-state index in [0.717, 1.165) is 4.90 Å². The Bertz CT molecular complexity index is 1180. The molecule has 0 bridgehead atoms. The molecule has 0 aromatic heterocycles. The van der Waals surface area contributed by atoms with Gasteiger partial charge in [-0.15, -0.1) is 0 Å². The van der Waals surface area contributed by atoms with Gasteiger partial charge >= 0.3 is 0 Å². The van der Waals surface area contributed by atoms with Crippen molar-refractivity contribution in [2.45, 2.75) is 6.42 Å². The smallest absolute Gasteiger partial charge is 0.266 e. The van der Waals surface area contributed by atoms with Crippen LogP contribution >= 0.6 is 34.8 Å². The molecular weight excluding hydrogens is 447 g/mol. The van der Waals surface area contributed by atoms with Gasteiger partial charge in [0.1, 0.15) is 6.42 Å². The molecule has 30 heavy (non-hydrogen) atoms. The van der Waals surface area contributed by atoms with Gasteiger partial charge in [0.25, 0.3) is 5.91 Å². The molecule has 0 spiro atoms.